The van der Waals surface area contributed by atoms with Gasteiger partial charge in [-0.05, 0) is 23.8 Å². The number of hydrogen-bond acceptors (Lipinski definition) is 7. The summed E-state index contributed by atoms with van der Waals surface area (Å²) in [5.74, 6) is 0.171. The van der Waals surface area contributed by atoms with Gasteiger partial charge in [-0.25, -0.2) is 8.42 Å². The third-order valence-electron chi connectivity index (χ3n) is 3.98. The van der Waals surface area contributed by atoms with E-state index in [0.29, 0.717) is 5.75 Å². The molecule has 0 fully saturated rings. The normalized spacial score (nSPS) is 10.9. The van der Waals surface area contributed by atoms with Crippen LogP contribution in [0, 0.1) is 10.1 Å². The molecule has 1 N–H and O–H groups in total. The van der Waals surface area contributed by atoms with Crippen LogP contribution in [0.2, 0.25) is 0 Å². The molecule has 10 nitrogen and oxygen atoms in total. The van der Waals surface area contributed by atoms with Crippen molar-refractivity contribution in [3.8, 4) is 11.5 Å². The Labute approximate surface area is 168 Å². The molecule has 2 rings (SSSR count). The van der Waals surface area contributed by atoms with Crippen molar-refractivity contribution in [2.24, 2.45) is 0 Å². The molecule has 0 saturated heterocycles. The van der Waals surface area contributed by atoms with Crippen molar-refractivity contribution >= 4 is 27.3 Å². The lowest BCUT2D eigenvalue weighted by molar-refractivity contribution is -0.384. The van der Waals surface area contributed by atoms with Gasteiger partial charge in [0.25, 0.3) is 5.69 Å². The molecule has 156 valence electrons. The van der Waals surface area contributed by atoms with E-state index in [1.54, 1.807) is 31.4 Å². The van der Waals surface area contributed by atoms with Crippen LogP contribution in [-0.2, 0) is 21.4 Å². The average Bonchev–Trinajstić information content (AvgIpc) is 2.69. The first-order chi connectivity index (χ1) is 13.7. The van der Waals surface area contributed by atoms with Gasteiger partial charge in [0.15, 0.2) is 0 Å². The fraction of sp³-hybridized carbons (Fsp3) is 0.278. The average molecular weight is 423 g/mol. The first kappa shape index (κ1) is 22.0. The number of carbonyl (C=O) groups is 1. The number of carbonyl (C=O) groups excluding carboxylic acids is 1. The summed E-state index contributed by atoms with van der Waals surface area (Å²) in [4.78, 5) is 22.8. The van der Waals surface area contributed by atoms with Crippen molar-refractivity contribution in [2.45, 2.75) is 6.54 Å². The molecule has 0 bridgehead atoms. The van der Waals surface area contributed by atoms with Crippen LogP contribution in [0.3, 0.4) is 0 Å². The van der Waals surface area contributed by atoms with E-state index < -0.39 is 27.4 Å². The molecule has 0 radical (unpaired) electrons. The summed E-state index contributed by atoms with van der Waals surface area (Å²) in [7, 11) is -1.09. The molecule has 29 heavy (non-hydrogen) atoms. The SMILES string of the molecule is COc1ccc(CNC(=O)CN(c2cc([N+](=O)[O-])ccc2OC)S(C)(=O)=O)cc1. The van der Waals surface area contributed by atoms with E-state index in [1.165, 1.54) is 19.2 Å². The predicted molar refractivity (Wildman–Crippen MR) is 107 cm³/mol. The highest BCUT2D eigenvalue weighted by molar-refractivity contribution is 7.92. The van der Waals surface area contributed by atoms with Crippen LogP contribution < -0.4 is 19.1 Å². The van der Waals surface area contributed by atoms with E-state index in [4.69, 9.17) is 9.47 Å². The first-order valence-electron chi connectivity index (χ1n) is 8.35. The fourth-order valence-electron chi connectivity index (χ4n) is 2.50. The number of anilines is 1. The minimum absolute atomic E-state index is 0.0870. The minimum Gasteiger partial charge on any atom is -0.497 e. The predicted octanol–water partition coefficient (Wildman–Crippen LogP) is 1.69. The van der Waals surface area contributed by atoms with Gasteiger partial charge < -0.3 is 14.8 Å². The molecular weight excluding hydrogens is 402 g/mol. The number of amides is 1. The molecule has 2 aromatic carbocycles. The lowest BCUT2D eigenvalue weighted by atomic mass is 10.2. The summed E-state index contributed by atoms with van der Waals surface area (Å²) in [6.45, 7) is -0.390. The van der Waals surface area contributed by atoms with Crippen LogP contribution in [0.1, 0.15) is 5.56 Å². The van der Waals surface area contributed by atoms with Crippen molar-refractivity contribution in [3.63, 3.8) is 0 Å². The quantitative estimate of drug-likeness (QED) is 0.480. The molecule has 0 aliphatic carbocycles. The van der Waals surface area contributed by atoms with Crippen molar-refractivity contribution in [3.05, 3.63) is 58.1 Å². The molecule has 0 atom stereocenters. The number of sulfonamides is 1. The Hall–Kier alpha value is -3.34. The zero-order valence-corrected chi connectivity index (χ0v) is 16.9. The summed E-state index contributed by atoms with van der Waals surface area (Å²) >= 11 is 0. The smallest absolute Gasteiger partial charge is 0.271 e. The second-order valence-corrected chi connectivity index (χ2v) is 7.91. The maximum Gasteiger partial charge on any atom is 0.271 e. The Morgan fingerprint density at radius 2 is 1.79 bits per heavy atom. The second kappa shape index (κ2) is 9.24. The van der Waals surface area contributed by atoms with Gasteiger partial charge in [-0.3, -0.25) is 19.2 Å². The van der Waals surface area contributed by atoms with Crippen LogP contribution in [0.4, 0.5) is 11.4 Å². The van der Waals surface area contributed by atoms with E-state index in [9.17, 15) is 23.3 Å². The highest BCUT2D eigenvalue weighted by Crippen LogP contribution is 2.33. The summed E-state index contributed by atoms with van der Waals surface area (Å²) in [5, 5.41) is 13.7. The first-order valence-corrected chi connectivity index (χ1v) is 10.2. The van der Waals surface area contributed by atoms with Crippen LogP contribution >= 0.6 is 0 Å². The summed E-state index contributed by atoms with van der Waals surface area (Å²) in [5.41, 5.74) is 0.370. The monoisotopic (exact) mass is 423 g/mol. The van der Waals surface area contributed by atoms with Crippen LogP contribution in [0.5, 0.6) is 11.5 Å². The molecule has 11 heteroatoms. The van der Waals surface area contributed by atoms with E-state index >= 15 is 0 Å². The Kier molecular flexibility index (Phi) is 6.99. The number of ether oxygens (including phenoxy) is 2. The molecule has 0 spiro atoms. The van der Waals surface area contributed by atoms with E-state index in [0.717, 1.165) is 22.2 Å². The summed E-state index contributed by atoms with van der Waals surface area (Å²) in [6.07, 6.45) is 0.905. The van der Waals surface area contributed by atoms with Gasteiger partial charge in [-0.15, -0.1) is 0 Å². The number of nitrogens with zero attached hydrogens (tertiary/aromatic N) is 2. The highest BCUT2D eigenvalue weighted by Gasteiger charge is 2.26. The minimum atomic E-state index is -3.93. The molecule has 0 saturated carbocycles. The van der Waals surface area contributed by atoms with Crippen LogP contribution in [0.25, 0.3) is 0 Å². The van der Waals surface area contributed by atoms with Gasteiger partial charge >= 0.3 is 0 Å². The zero-order chi connectivity index (χ0) is 21.6. The van der Waals surface area contributed by atoms with Gasteiger partial charge in [0.2, 0.25) is 15.9 Å². The molecule has 1 amide bonds. The van der Waals surface area contributed by atoms with Crippen molar-refractivity contribution in [1.29, 1.82) is 0 Å². The molecule has 0 heterocycles. The van der Waals surface area contributed by atoms with Crippen molar-refractivity contribution in [1.82, 2.24) is 5.32 Å². The van der Waals surface area contributed by atoms with Crippen molar-refractivity contribution in [2.75, 3.05) is 31.3 Å². The Bertz CT molecular complexity index is 991. The van der Waals surface area contributed by atoms with Gasteiger partial charge in [0, 0.05) is 18.7 Å². The number of non-ortho nitro benzene ring substituents is 1. The Morgan fingerprint density at radius 1 is 1.14 bits per heavy atom. The lowest BCUT2D eigenvalue weighted by Crippen LogP contribution is -2.40. The maximum atomic E-state index is 12.4. The van der Waals surface area contributed by atoms with Gasteiger partial charge in [0.1, 0.15) is 23.7 Å². The summed E-state index contributed by atoms with van der Waals surface area (Å²) < 4.78 is 35.5. The van der Waals surface area contributed by atoms with Gasteiger partial charge in [-0.1, -0.05) is 12.1 Å². The van der Waals surface area contributed by atoms with E-state index in [1.807, 2.05) is 0 Å². The number of nitro groups is 1. The molecular formula is C18H21N3O7S. The number of nitrogens with one attached hydrogen (secondary N) is 1. The van der Waals surface area contributed by atoms with Crippen molar-refractivity contribution < 1.29 is 27.6 Å². The second-order valence-electron chi connectivity index (χ2n) is 6.01. The lowest BCUT2D eigenvalue weighted by Gasteiger charge is -2.23. The number of benzene rings is 2. The highest BCUT2D eigenvalue weighted by atomic mass is 32.2. The number of rotatable bonds is 9. The largest absolute Gasteiger partial charge is 0.497 e. The fourth-order valence-corrected chi connectivity index (χ4v) is 3.35. The Morgan fingerprint density at radius 3 is 2.31 bits per heavy atom. The van der Waals surface area contributed by atoms with Gasteiger partial charge in [-0.2, -0.15) is 0 Å². The molecule has 0 aromatic heterocycles. The van der Waals surface area contributed by atoms with E-state index in [2.05, 4.69) is 5.32 Å². The molecule has 0 aliphatic rings. The maximum absolute atomic E-state index is 12.4. The number of hydrogen-bond donors (Lipinski definition) is 1. The third kappa shape index (κ3) is 5.82. The van der Waals surface area contributed by atoms with E-state index in [-0.39, 0.29) is 23.7 Å². The van der Waals surface area contributed by atoms with Gasteiger partial charge in [0.05, 0.1) is 25.4 Å². The standard InChI is InChI=1S/C18H21N3O7S/c1-27-15-7-4-13(5-8-15)11-19-18(22)12-20(29(3,25)26)16-10-14(21(23)24)6-9-17(16)28-2/h4-10H,11-12H2,1-3H3,(H,19,22). The molecule has 0 aliphatic heterocycles. The van der Waals surface area contributed by atoms with Crippen LogP contribution in [-0.4, -0.2) is 46.3 Å². The number of methoxy groups -OCH3 is 2. The summed E-state index contributed by atoms with van der Waals surface area (Å²) in [6, 6.07) is 10.5. The topological polar surface area (TPSA) is 128 Å². The number of nitro benzene ring substituents is 1. The third-order valence-corrected chi connectivity index (χ3v) is 5.10. The Balaban J connectivity index is 2.22. The molecule has 2 aromatic rings. The van der Waals surface area contributed by atoms with Crippen LogP contribution in [0.15, 0.2) is 42.5 Å². The zero-order valence-electron chi connectivity index (χ0n) is 16.1. The molecule has 0 unspecified atom stereocenters.